The fourth-order valence-corrected chi connectivity index (χ4v) is 3.16. The van der Waals surface area contributed by atoms with Gasteiger partial charge in [0.15, 0.2) is 0 Å². The molecule has 114 valence electrons. The van der Waals surface area contributed by atoms with Crippen LogP contribution in [0.1, 0.15) is 34.3 Å². The highest BCUT2D eigenvalue weighted by atomic mass is 35.5. The van der Waals surface area contributed by atoms with E-state index in [1.807, 2.05) is 35.2 Å². The van der Waals surface area contributed by atoms with Gasteiger partial charge in [0.25, 0.3) is 5.91 Å². The molecule has 0 unspecified atom stereocenters. The molecule has 0 aliphatic carbocycles. The van der Waals surface area contributed by atoms with Gasteiger partial charge in [-0.1, -0.05) is 35.9 Å². The van der Waals surface area contributed by atoms with Crippen LogP contribution in [0.25, 0.3) is 0 Å². The van der Waals surface area contributed by atoms with Crippen molar-refractivity contribution < 1.29 is 4.79 Å². The summed E-state index contributed by atoms with van der Waals surface area (Å²) in [6, 6.07) is 13.5. The van der Waals surface area contributed by atoms with E-state index >= 15 is 0 Å². The number of anilines is 1. The maximum atomic E-state index is 12.9. The second-order valence-electron chi connectivity index (χ2n) is 5.55. The Labute approximate surface area is 135 Å². The van der Waals surface area contributed by atoms with E-state index < -0.39 is 0 Å². The molecular formula is C18H19ClN2O. The van der Waals surface area contributed by atoms with Gasteiger partial charge in [-0.15, -0.1) is 0 Å². The van der Waals surface area contributed by atoms with E-state index in [-0.39, 0.29) is 5.91 Å². The number of fused-ring (bicyclic) bond motifs is 1. The van der Waals surface area contributed by atoms with E-state index in [0.29, 0.717) is 17.1 Å². The van der Waals surface area contributed by atoms with Crippen LogP contribution < -0.4 is 10.6 Å². The highest BCUT2D eigenvalue weighted by Crippen LogP contribution is 2.28. The number of para-hydroxylation sites is 1. The maximum absolute atomic E-state index is 12.9. The zero-order valence-electron chi connectivity index (χ0n) is 12.4. The minimum Gasteiger partial charge on any atom is -0.326 e. The molecular weight excluding hydrogens is 296 g/mol. The van der Waals surface area contributed by atoms with Crippen LogP contribution in [0, 0.1) is 0 Å². The zero-order valence-corrected chi connectivity index (χ0v) is 13.1. The lowest BCUT2D eigenvalue weighted by molar-refractivity contribution is 0.0987. The highest BCUT2D eigenvalue weighted by Gasteiger charge is 2.22. The molecule has 0 aromatic heterocycles. The number of hydrogen-bond acceptors (Lipinski definition) is 2. The van der Waals surface area contributed by atoms with Crippen LogP contribution in [0.4, 0.5) is 5.69 Å². The largest absolute Gasteiger partial charge is 0.326 e. The van der Waals surface area contributed by atoms with Gasteiger partial charge in [0, 0.05) is 29.4 Å². The van der Waals surface area contributed by atoms with E-state index in [1.54, 1.807) is 6.07 Å². The van der Waals surface area contributed by atoms with Crippen LogP contribution in [0.15, 0.2) is 42.5 Å². The summed E-state index contributed by atoms with van der Waals surface area (Å²) in [6.45, 7) is 1.12. The second kappa shape index (κ2) is 6.51. The molecule has 0 atom stereocenters. The summed E-state index contributed by atoms with van der Waals surface area (Å²) in [5, 5.41) is 0.552. The fraction of sp³-hybridized carbons (Fsp3) is 0.278. The summed E-state index contributed by atoms with van der Waals surface area (Å²) in [7, 11) is 0. The Morgan fingerprint density at radius 2 is 2.00 bits per heavy atom. The SMILES string of the molecule is NCc1ccc(C(=O)N2CCCCc3ccccc32)cc1Cl. The lowest BCUT2D eigenvalue weighted by Crippen LogP contribution is -2.31. The molecule has 1 amide bonds. The number of carbonyl (C=O) groups is 1. The lowest BCUT2D eigenvalue weighted by Gasteiger charge is -2.23. The molecule has 0 bridgehead atoms. The van der Waals surface area contributed by atoms with Crippen LogP contribution >= 0.6 is 11.6 Å². The number of rotatable bonds is 2. The lowest BCUT2D eigenvalue weighted by atomic mass is 10.1. The predicted octanol–water partition coefficient (Wildman–Crippen LogP) is 3.78. The third kappa shape index (κ3) is 2.87. The first-order valence-corrected chi connectivity index (χ1v) is 7.97. The van der Waals surface area contributed by atoms with E-state index in [1.165, 1.54) is 5.56 Å². The average molecular weight is 315 g/mol. The van der Waals surface area contributed by atoms with Crippen LogP contribution in [0.3, 0.4) is 0 Å². The van der Waals surface area contributed by atoms with Crippen LogP contribution in [-0.2, 0) is 13.0 Å². The number of aryl methyl sites for hydroxylation is 1. The molecule has 1 heterocycles. The molecule has 2 N–H and O–H groups in total. The molecule has 1 aliphatic heterocycles. The van der Waals surface area contributed by atoms with E-state index in [4.69, 9.17) is 17.3 Å². The first kappa shape index (κ1) is 15.1. The minimum absolute atomic E-state index is 0.000165. The first-order chi connectivity index (χ1) is 10.7. The molecule has 22 heavy (non-hydrogen) atoms. The quantitative estimate of drug-likeness (QED) is 0.917. The molecule has 1 aliphatic rings. The van der Waals surface area contributed by atoms with Gasteiger partial charge in [0.05, 0.1) is 0 Å². The van der Waals surface area contributed by atoms with Gasteiger partial charge in [-0.25, -0.2) is 0 Å². The van der Waals surface area contributed by atoms with Crippen molar-refractivity contribution in [1.29, 1.82) is 0 Å². The summed E-state index contributed by atoms with van der Waals surface area (Å²) in [4.78, 5) is 14.8. The van der Waals surface area contributed by atoms with Gasteiger partial charge < -0.3 is 10.6 Å². The molecule has 2 aromatic carbocycles. The van der Waals surface area contributed by atoms with Gasteiger partial charge in [-0.3, -0.25) is 4.79 Å². The Hall–Kier alpha value is -1.84. The van der Waals surface area contributed by atoms with E-state index in [2.05, 4.69) is 6.07 Å². The Morgan fingerprint density at radius 1 is 1.18 bits per heavy atom. The van der Waals surface area contributed by atoms with Crippen molar-refractivity contribution in [3.8, 4) is 0 Å². The molecule has 4 heteroatoms. The minimum atomic E-state index is -0.000165. The number of hydrogen-bond donors (Lipinski definition) is 1. The number of carbonyl (C=O) groups excluding carboxylic acids is 1. The van der Waals surface area contributed by atoms with Crippen molar-refractivity contribution in [1.82, 2.24) is 0 Å². The van der Waals surface area contributed by atoms with Crippen LogP contribution in [0.2, 0.25) is 5.02 Å². The number of nitrogens with two attached hydrogens (primary N) is 1. The predicted molar refractivity (Wildman–Crippen MR) is 90.4 cm³/mol. The Morgan fingerprint density at radius 3 is 2.77 bits per heavy atom. The van der Waals surface area contributed by atoms with Gasteiger partial charge in [-0.05, 0) is 48.6 Å². The molecule has 0 saturated heterocycles. The van der Waals surface area contributed by atoms with Crippen molar-refractivity contribution in [2.75, 3.05) is 11.4 Å². The summed E-state index contributed by atoms with van der Waals surface area (Å²) < 4.78 is 0. The summed E-state index contributed by atoms with van der Waals surface area (Å²) in [5.41, 5.74) is 9.34. The van der Waals surface area contributed by atoms with Crippen molar-refractivity contribution in [2.45, 2.75) is 25.8 Å². The third-order valence-corrected chi connectivity index (χ3v) is 4.48. The normalized spacial score (nSPS) is 14.4. The van der Waals surface area contributed by atoms with Crippen molar-refractivity contribution in [3.63, 3.8) is 0 Å². The van der Waals surface area contributed by atoms with Crippen molar-refractivity contribution >= 4 is 23.2 Å². The number of nitrogens with zero attached hydrogens (tertiary/aromatic N) is 1. The van der Waals surface area contributed by atoms with Gasteiger partial charge in [0.1, 0.15) is 0 Å². The topological polar surface area (TPSA) is 46.3 Å². The van der Waals surface area contributed by atoms with Crippen LogP contribution in [-0.4, -0.2) is 12.5 Å². The smallest absolute Gasteiger partial charge is 0.258 e. The zero-order chi connectivity index (χ0) is 15.5. The Kier molecular flexibility index (Phi) is 4.46. The molecule has 0 spiro atoms. The van der Waals surface area contributed by atoms with Crippen LogP contribution in [0.5, 0.6) is 0 Å². The van der Waals surface area contributed by atoms with Gasteiger partial charge in [0.2, 0.25) is 0 Å². The fourth-order valence-electron chi connectivity index (χ4n) is 2.90. The second-order valence-corrected chi connectivity index (χ2v) is 5.96. The third-order valence-electron chi connectivity index (χ3n) is 4.13. The molecule has 0 saturated carbocycles. The molecule has 2 aromatic rings. The van der Waals surface area contributed by atoms with Gasteiger partial charge in [-0.2, -0.15) is 0 Å². The van der Waals surface area contributed by atoms with E-state index in [0.717, 1.165) is 37.1 Å². The molecule has 0 fully saturated rings. The molecule has 3 nitrogen and oxygen atoms in total. The Balaban J connectivity index is 1.96. The number of halogens is 1. The van der Waals surface area contributed by atoms with Gasteiger partial charge >= 0.3 is 0 Å². The summed E-state index contributed by atoms with van der Waals surface area (Å²) in [5.74, 6) is -0.000165. The Bertz CT molecular complexity index is 699. The molecule has 3 rings (SSSR count). The maximum Gasteiger partial charge on any atom is 0.258 e. The van der Waals surface area contributed by atoms with Crippen molar-refractivity contribution in [2.24, 2.45) is 5.73 Å². The summed E-state index contributed by atoms with van der Waals surface area (Å²) >= 11 is 6.19. The first-order valence-electron chi connectivity index (χ1n) is 7.59. The number of amides is 1. The average Bonchev–Trinajstić information content (AvgIpc) is 2.76. The summed E-state index contributed by atoms with van der Waals surface area (Å²) in [6.07, 6.45) is 3.13. The van der Waals surface area contributed by atoms with E-state index in [9.17, 15) is 4.79 Å². The standard InChI is InChI=1S/C18H19ClN2O/c19-16-11-14(8-9-15(16)12-20)18(22)21-10-4-3-6-13-5-1-2-7-17(13)21/h1-2,5,7-9,11H,3-4,6,10,12,20H2. The molecule has 0 radical (unpaired) electrons. The monoisotopic (exact) mass is 314 g/mol. The van der Waals surface area contributed by atoms with Crippen molar-refractivity contribution in [3.05, 3.63) is 64.2 Å². The highest BCUT2D eigenvalue weighted by molar-refractivity contribution is 6.31. The number of benzene rings is 2.